The van der Waals surface area contributed by atoms with Crippen LogP contribution in [0.5, 0.6) is 0 Å². The van der Waals surface area contributed by atoms with Crippen molar-refractivity contribution in [1.82, 2.24) is 19.5 Å². The Morgan fingerprint density at radius 2 is 0.781 bits per heavy atom. The number of aromatic nitrogens is 4. The monoisotopic (exact) mass is 814 g/mol. The van der Waals surface area contributed by atoms with E-state index in [1.54, 1.807) is 0 Å². The molecule has 12 rings (SSSR count). The van der Waals surface area contributed by atoms with Crippen molar-refractivity contribution in [3.63, 3.8) is 0 Å². The summed E-state index contributed by atoms with van der Waals surface area (Å²) in [6, 6.07) is 79.2. The smallest absolute Gasteiger partial charge is 0.164 e. The molecule has 9 aromatic carbocycles. The van der Waals surface area contributed by atoms with E-state index in [9.17, 15) is 0 Å². The molecule has 0 saturated carbocycles. The van der Waals surface area contributed by atoms with E-state index in [0.29, 0.717) is 17.5 Å². The van der Waals surface area contributed by atoms with Crippen LogP contribution in [0.15, 0.2) is 218 Å². The van der Waals surface area contributed by atoms with Crippen LogP contribution in [0, 0.1) is 0 Å². The van der Waals surface area contributed by atoms with Gasteiger partial charge in [-0.2, -0.15) is 0 Å². The molecule has 0 amide bonds. The molecule has 1 aliphatic heterocycles. The summed E-state index contributed by atoms with van der Waals surface area (Å²) in [6.45, 7) is 0. The Balaban J connectivity index is 1.21. The van der Waals surface area contributed by atoms with E-state index in [0.717, 1.165) is 33.5 Å². The largest absolute Gasteiger partial charge is 0.309 e. The van der Waals surface area contributed by atoms with Crippen molar-refractivity contribution in [2.24, 2.45) is 0 Å². The lowest BCUT2D eigenvalue weighted by Crippen LogP contribution is -2.35. The van der Waals surface area contributed by atoms with Crippen molar-refractivity contribution in [3.8, 4) is 62.1 Å². The first-order valence-electron chi connectivity index (χ1n) is 21.9. The van der Waals surface area contributed by atoms with Gasteiger partial charge in [-0.1, -0.05) is 187 Å². The van der Waals surface area contributed by atoms with Crippen LogP contribution in [0.25, 0.3) is 83.9 Å². The maximum atomic E-state index is 5.27. The molecule has 0 fully saturated rings. The van der Waals surface area contributed by atoms with Crippen molar-refractivity contribution >= 4 is 48.4 Å². The lowest BCUT2D eigenvalue weighted by atomic mass is 9.62. The molecule has 3 heterocycles. The minimum absolute atomic E-state index is 0.623. The standard InChI is InChI=1S/C58H40B2N4/c59-46-27-21-39(22-28-46)55-61-56(40-23-29-47(60)30-24-40)63-57(62-55)42-26-32-53-50(35-42)58(44-17-9-3-10-18-44,45-19-11-4-12-20-45)51-36-43(38-15-7-2-8-16-38)34-49-48-33-41(37-13-5-1-6-14-37)25-31-52(48)64(53)54(49)51/h1-36H,59-60H2. The fraction of sp³-hybridized carbons (Fsp3) is 0.0172. The predicted molar refractivity (Wildman–Crippen MR) is 270 cm³/mol. The molecular formula is C58H40B2N4. The molecule has 0 aliphatic carbocycles. The van der Waals surface area contributed by atoms with Gasteiger partial charge in [-0.25, -0.2) is 15.0 Å². The first-order chi connectivity index (χ1) is 31.5. The van der Waals surface area contributed by atoms with Gasteiger partial charge in [0.25, 0.3) is 0 Å². The van der Waals surface area contributed by atoms with E-state index in [2.05, 4.69) is 239 Å². The number of nitrogens with zero attached hydrogens (tertiary/aromatic N) is 4. The average Bonchev–Trinajstić information content (AvgIpc) is 3.69. The maximum absolute atomic E-state index is 5.27. The van der Waals surface area contributed by atoms with Gasteiger partial charge in [0, 0.05) is 27.5 Å². The van der Waals surface area contributed by atoms with E-state index in [1.807, 2.05) is 0 Å². The number of hydrogen-bond acceptors (Lipinski definition) is 3. The number of fused-ring (bicyclic) bond motifs is 5. The van der Waals surface area contributed by atoms with Crippen LogP contribution in [0.4, 0.5) is 0 Å². The number of benzene rings is 9. The normalized spacial score (nSPS) is 12.6. The summed E-state index contributed by atoms with van der Waals surface area (Å²) in [5, 5.41) is 2.43. The molecule has 0 N–H and O–H groups in total. The summed E-state index contributed by atoms with van der Waals surface area (Å²) >= 11 is 0. The molecule has 11 aromatic rings. The van der Waals surface area contributed by atoms with Gasteiger partial charge in [-0.15, -0.1) is 0 Å². The van der Waals surface area contributed by atoms with Gasteiger partial charge in [0.1, 0.15) is 15.7 Å². The molecule has 2 aromatic heterocycles. The second kappa shape index (κ2) is 15.1. The van der Waals surface area contributed by atoms with Gasteiger partial charge in [0.05, 0.1) is 22.1 Å². The van der Waals surface area contributed by atoms with E-state index in [4.69, 9.17) is 15.0 Å². The molecule has 0 unspecified atom stereocenters. The summed E-state index contributed by atoms with van der Waals surface area (Å²) < 4.78 is 2.51. The molecular weight excluding hydrogens is 774 g/mol. The summed E-state index contributed by atoms with van der Waals surface area (Å²) in [6.07, 6.45) is 0. The second-order valence-electron chi connectivity index (χ2n) is 17.0. The summed E-state index contributed by atoms with van der Waals surface area (Å²) in [4.78, 5) is 15.6. The molecule has 0 bridgehead atoms. The zero-order valence-corrected chi connectivity index (χ0v) is 35.6. The predicted octanol–water partition coefficient (Wildman–Crippen LogP) is 10.5. The first kappa shape index (κ1) is 37.7. The zero-order valence-electron chi connectivity index (χ0n) is 35.6. The molecule has 4 nitrogen and oxygen atoms in total. The second-order valence-corrected chi connectivity index (χ2v) is 17.0. The Hall–Kier alpha value is -8.08. The van der Waals surface area contributed by atoms with Crippen LogP contribution in [-0.2, 0) is 5.41 Å². The van der Waals surface area contributed by atoms with Crippen LogP contribution in [-0.4, -0.2) is 35.2 Å². The lowest BCUT2D eigenvalue weighted by molar-refractivity contribution is 0.728. The third-order valence-electron chi connectivity index (χ3n) is 13.0. The number of hydrogen-bond donors (Lipinski definition) is 0. The highest BCUT2D eigenvalue weighted by Crippen LogP contribution is 2.56. The molecule has 0 atom stereocenters. The van der Waals surface area contributed by atoms with Crippen molar-refractivity contribution in [2.45, 2.75) is 5.41 Å². The highest BCUT2D eigenvalue weighted by atomic mass is 15.0. The summed E-state index contributed by atoms with van der Waals surface area (Å²) in [7, 11) is 4.20. The molecule has 0 radical (unpaired) electrons. The van der Waals surface area contributed by atoms with Gasteiger partial charge in [0.15, 0.2) is 17.5 Å². The van der Waals surface area contributed by atoms with Gasteiger partial charge in [-0.05, 0) is 87.0 Å². The Morgan fingerprint density at radius 1 is 0.344 bits per heavy atom. The molecule has 0 spiro atoms. The summed E-state index contributed by atoms with van der Waals surface area (Å²) in [5.74, 6) is 1.90. The van der Waals surface area contributed by atoms with Gasteiger partial charge in [0.2, 0.25) is 0 Å². The fourth-order valence-corrected chi connectivity index (χ4v) is 9.94. The van der Waals surface area contributed by atoms with Gasteiger partial charge < -0.3 is 4.57 Å². The zero-order chi connectivity index (χ0) is 42.8. The third-order valence-corrected chi connectivity index (χ3v) is 13.0. The van der Waals surface area contributed by atoms with Crippen LogP contribution in [0.3, 0.4) is 0 Å². The minimum atomic E-state index is -0.740. The maximum Gasteiger partial charge on any atom is 0.164 e. The van der Waals surface area contributed by atoms with Crippen molar-refractivity contribution in [2.75, 3.05) is 0 Å². The Bertz CT molecular complexity index is 3430. The average molecular weight is 815 g/mol. The molecule has 298 valence electrons. The van der Waals surface area contributed by atoms with Crippen molar-refractivity contribution < 1.29 is 0 Å². The van der Waals surface area contributed by atoms with Crippen LogP contribution < -0.4 is 10.9 Å². The lowest BCUT2D eigenvalue weighted by Gasteiger charge is -2.42. The topological polar surface area (TPSA) is 43.6 Å². The van der Waals surface area contributed by atoms with Gasteiger partial charge >= 0.3 is 0 Å². The van der Waals surface area contributed by atoms with E-state index < -0.39 is 5.41 Å². The Labute approximate surface area is 374 Å². The van der Waals surface area contributed by atoms with Crippen LogP contribution in [0.1, 0.15) is 22.3 Å². The van der Waals surface area contributed by atoms with E-state index in [-0.39, 0.29) is 0 Å². The fourth-order valence-electron chi connectivity index (χ4n) is 9.94. The SMILES string of the molecule is Bc1ccc(-c2nc(-c3ccc(B)cc3)nc(-c3ccc4c(c3)C(c3ccccc3)(c3ccccc3)c3cc(-c5ccccc5)cc5c6cc(-c7ccccc7)ccc6n-4c35)n2)cc1. The molecule has 64 heavy (non-hydrogen) atoms. The van der Waals surface area contributed by atoms with Crippen molar-refractivity contribution in [3.05, 3.63) is 241 Å². The molecule has 1 aliphatic rings. The summed E-state index contributed by atoms with van der Waals surface area (Å²) in [5.41, 5.74) is 17.4. The van der Waals surface area contributed by atoms with E-state index >= 15 is 0 Å². The van der Waals surface area contributed by atoms with Crippen LogP contribution >= 0.6 is 0 Å². The Kier molecular flexibility index (Phi) is 8.87. The van der Waals surface area contributed by atoms with Gasteiger partial charge in [-0.3, -0.25) is 0 Å². The highest BCUT2D eigenvalue weighted by Gasteiger charge is 2.46. The molecule has 0 saturated heterocycles. The highest BCUT2D eigenvalue weighted by molar-refractivity contribution is 6.32. The van der Waals surface area contributed by atoms with Crippen LogP contribution in [0.2, 0.25) is 0 Å². The first-order valence-corrected chi connectivity index (χ1v) is 21.9. The minimum Gasteiger partial charge on any atom is -0.309 e. The Morgan fingerprint density at radius 3 is 1.33 bits per heavy atom. The van der Waals surface area contributed by atoms with Crippen molar-refractivity contribution in [1.29, 1.82) is 0 Å². The quantitative estimate of drug-likeness (QED) is 0.151. The molecule has 6 heteroatoms. The van der Waals surface area contributed by atoms with E-state index in [1.165, 1.54) is 66.2 Å². The third kappa shape index (κ3) is 6.05. The number of rotatable bonds is 7.